The lowest BCUT2D eigenvalue weighted by molar-refractivity contribution is 0.624. The highest BCUT2D eigenvalue weighted by atomic mass is 127. The van der Waals surface area contributed by atoms with Crippen molar-refractivity contribution in [1.82, 2.24) is 4.57 Å². The third kappa shape index (κ3) is 5.06. The number of aromatic nitrogens is 1. The maximum Gasteiger partial charge on any atom is 0.0538 e. The van der Waals surface area contributed by atoms with E-state index in [-0.39, 0.29) is 26.1 Å². The van der Waals surface area contributed by atoms with Crippen molar-refractivity contribution in [3.05, 3.63) is 183 Å². The predicted octanol–water partition coefficient (Wildman–Crippen LogP) is 11.1. The van der Waals surface area contributed by atoms with E-state index in [9.17, 15) is 0 Å². The first-order valence-electron chi connectivity index (χ1n) is 15.9. The van der Waals surface area contributed by atoms with E-state index in [2.05, 4.69) is 168 Å². The molecule has 1 nitrogen and oxygen atoms in total. The molecule has 1 aromatic heterocycles. The second-order valence-electron chi connectivity index (χ2n) is 12.8. The van der Waals surface area contributed by atoms with E-state index in [0.717, 1.165) is 12.8 Å². The maximum absolute atomic E-state index is 2.52. The van der Waals surface area contributed by atoms with E-state index in [1.165, 1.54) is 64.7 Å². The number of rotatable bonds is 7. The standard InChI is InChI=1S/C43H36IN/c1-43(2)38-18-10-9-17-36(38)41-37-29-31(22-25-40(37)45(42(41)43)35-15-7-4-8-16-35)28-34(32-13-5-3-6-14-32)27-30-20-23-33(24-21-30)39-19-11-12-26-44-39/h3-26,29,34H,27-28H2,1-2H3. The summed E-state index contributed by atoms with van der Waals surface area (Å²) in [7, 11) is 0. The lowest BCUT2D eigenvalue weighted by Gasteiger charge is -2.24. The zero-order chi connectivity index (χ0) is 30.4. The van der Waals surface area contributed by atoms with Crippen LogP contribution in [-0.2, 0) is 18.3 Å². The van der Waals surface area contributed by atoms with Gasteiger partial charge in [-0.25, -0.2) is 0 Å². The number of halogens is 1. The molecule has 45 heavy (non-hydrogen) atoms. The number of nitrogens with zero attached hydrogens (tertiary/aromatic N) is 1. The molecule has 1 aliphatic heterocycles. The molecule has 0 saturated carbocycles. The fourth-order valence-electron chi connectivity index (χ4n) is 7.43. The van der Waals surface area contributed by atoms with Crippen LogP contribution >= 0.6 is 20.7 Å². The molecule has 1 unspecified atom stereocenters. The largest absolute Gasteiger partial charge is 0.312 e. The minimum absolute atomic E-state index is 0.0339. The molecule has 0 bridgehead atoms. The molecule has 2 aliphatic rings. The predicted molar refractivity (Wildman–Crippen MR) is 200 cm³/mol. The zero-order valence-corrected chi connectivity index (χ0v) is 27.9. The Balaban J connectivity index is 1.21. The average molecular weight is 694 g/mol. The summed E-state index contributed by atoms with van der Waals surface area (Å²) < 4.78 is 6.35. The molecule has 6 aromatic rings. The Hall–Kier alpha value is -4.28. The van der Waals surface area contributed by atoms with E-state index in [4.69, 9.17) is 0 Å². The van der Waals surface area contributed by atoms with Crippen LogP contribution in [-0.4, -0.2) is 8.08 Å². The molecule has 8 rings (SSSR count). The van der Waals surface area contributed by atoms with Crippen LogP contribution in [0.3, 0.4) is 0 Å². The van der Waals surface area contributed by atoms with Crippen molar-refractivity contribution in [1.29, 1.82) is 0 Å². The number of fused-ring (bicyclic) bond motifs is 5. The number of benzene rings is 5. The summed E-state index contributed by atoms with van der Waals surface area (Å²) in [4.78, 5) is 0. The van der Waals surface area contributed by atoms with Gasteiger partial charge in [0, 0.05) is 31.3 Å². The first kappa shape index (κ1) is 28.2. The average Bonchev–Trinajstić information content (AvgIpc) is 3.56. The fraction of sp³-hybridized carbons (Fsp3) is 0.140. The summed E-state index contributed by atoms with van der Waals surface area (Å²) in [5.74, 6) is 0.389. The Bertz CT molecular complexity index is 2110. The van der Waals surface area contributed by atoms with Crippen molar-refractivity contribution in [2.75, 3.05) is 0 Å². The van der Waals surface area contributed by atoms with Crippen molar-refractivity contribution in [3.63, 3.8) is 0 Å². The van der Waals surface area contributed by atoms with Gasteiger partial charge in [0.15, 0.2) is 0 Å². The van der Waals surface area contributed by atoms with Gasteiger partial charge in [0.05, 0.1) is 5.52 Å². The van der Waals surface area contributed by atoms with E-state index >= 15 is 0 Å². The van der Waals surface area contributed by atoms with E-state index in [1.54, 1.807) is 0 Å². The number of para-hydroxylation sites is 1. The Labute approximate surface area is 276 Å². The van der Waals surface area contributed by atoms with E-state index < -0.39 is 0 Å². The normalized spacial score (nSPS) is 15.3. The van der Waals surface area contributed by atoms with Gasteiger partial charge in [-0.1, -0.05) is 150 Å². The maximum atomic E-state index is 2.52. The molecule has 2 heteroatoms. The highest BCUT2D eigenvalue weighted by Crippen LogP contribution is 2.53. The second kappa shape index (κ2) is 11.6. The van der Waals surface area contributed by atoms with Gasteiger partial charge in [-0.15, -0.1) is 0 Å². The Morgan fingerprint density at radius 2 is 1.38 bits per heavy atom. The Morgan fingerprint density at radius 1 is 0.689 bits per heavy atom. The smallest absolute Gasteiger partial charge is 0.0538 e. The van der Waals surface area contributed by atoms with Gasteiger partial charge < -0.3 is 4.57 Å². The van der Waals surface area contributed by atoms with E-state index in [0.29, 0.717) is 5.92 Å². The molecule has 0 amide bonds. The third-order valence-electron chi connectivity index (χ3n) is 9.58. The number of allylic oxidation sites excluding steroid dienone is 3. The van der Waals surface area contributed by atoms with E-state index in [1.807, 2.05) is 0 Å². The Kier molecular flexibility index (Phi) is 7.26. The van der Waals surface area contributed by atoms with Crippen molar-refractivity contribution < 1.29 is 0 Å². The minimum Gasteiger partial charge on any atom is -0.312 e. The topological polar surface area (TPSA) is 4.93 Å². The van der Waals surface area contributed by atoms with Gasteiger partial charge in [-0.3, -0.25) is 0 Å². The van der Waals surface area contributed by atoms with Gasteiger partial charge in [0.2, 0.25) is 0 Å². The molecule has 1 atom stereocenters. The molecule has 0 fully saturated rings. The highest BCUT2D eigenvalue weighted by molar-refractivity contribution is 14.2. The molecule has 0 radical (unpaired) electrons. The molecular weight excluding hydrogens is 657 g/mol. The summed E-state index contributed by atoms with van der Waals surface area (Å²) in [6, 6.07) is 47.6. The summed E-state index contributed by atoms with van der Waals surface area (Å²) >= 11 is -0.0339. The molecule has 1 aliphatic carbocycles. The van der Waals surface area contributed by atoms with Crippen LogP contribution in [0.1, 0.15) is 53.3 Å². The van der Waals surface area contributed by atoms with Gasteiger partial charge in [0.1, 0.15) is 0 Å². The second-order valence-corrected chi connectivity index (χ2v) is 15.3. The van der Waals surface area contributed by atoms with Gasteiger partial charge in [-0.2, -0.15) is 0 Å². The van der Waals surface area contributed by atoms with Crippen LogP contribution in [0.2, 0.25) is 0 Å². The summed E-state index contributed by atoms with van der Waals surface area (Å²) in [6.07, 6.45) is 8.64. The Morgan fingerprint density at radius 3 is 2.13 bits per heavy atom. The minimum atomic E-state index is -0.0936. The molecule has 5 aromatic carbocycles. The highest BCUT2D eigenvalue weighted by Gasteiger charge is 2.40. The van der Waals surface area contributed by atoms with Crippen molar-refractivity contribution >= 4 is 35.1 Å². The van der Waals surface area contributed by atoms with Crippen molar-refractivity contribution in [2.24, 2.45) is 0 Å². The van der Waals surface area contributed by atoms with Crippen LogP contribution in [0.25, 0.3) is 27.7 Å². The van der Waals surface area contributed by atoms with Gasteiger partial charge >= 0.3 is 0 Å². The summed E-state index contributed by atoms with van der Waals surface area (Å²) in [5, 5.41) is 1.36. The first-order chi connectivity index (χ1) is 22.1. The van der Waals surface area contributed by atoms with Crippen molar-refractivity contribution in [3.8, 4) is 16.8 Å². The van der Waals surface area contributed by atoms with Crippen LogP contribution in [0.4, 0.5) is 0 Å². The zero-order valence-electron chi connectivity index (χ0n) is 25.8. The van der Waals surface area contributed by atoms with Gasteiger partial charge in [0.25, 0.3) is 0 Å². The van der Waals surface area contributed by atoms with Crippen LogP contribution < -0.4 is 0 Å². The SMILES string of the molecule is CC1(C)c2ccccc2-c2c1n(-c1ccccc1)c1ccc(CC(Cc3ccc(C4=IC=CC=C4)cc3)c3ccccc3)cc21. The number of hydrogen-bond donors (Lipinski definition) is 0. The molecule has 0 spiro atoms. The quantitative estimate of drug-likeness (QED) is 0.147. The third-order valence-corrected chi connectivity index (χ3v) is 12.0. The van der Waals surface area contributed by atoms with Crippen LogP contribution in [0.15, 0.2) is 150 Å². The molecule has 0 N–H and O–H groups in total. The molecule has 2 heterocycles. The summed E-state index contributed by atoms with van der Waals surface area (Å²) in [5.41, 5.74) is 13.6. The first-order valence-corrected chi connectivity index (χ1v) is 18.2. The molecular formula is C43H36IN. The molecule has 0 saturated heterocycles. The van der Waals surface area contributed by atoms with Crippen LogP contribution in [0.5, 0.6) is 0 Å². The van der Waals surface area contributed by atoms with Gasteiger partial charge in [-0.05, 0) is 86.6 Å². The lowest BCUT2D eigenvalue weighted by Crippen LogP contribution is -2.19. The number of hydrogen-bond acceptors (Lipinski definition) is 0. The van der Waals surface area contributed by atoms with Crippen LogP contribution in [0, 0.1) is 0 Å². The summed E-state index contributed by atoms with van der Waals surface area (Å²) in [6.45, 7) is 4.77. The van der Waals surface area contributed by atoms with Crippen molar-refractivity contribution in [2.45, 2.75) is 38.0 Å². The fourth-order valence-corrected chi connectivity index (χ4v) is 9.40. The lowest BCUT2D eigenvalue weighted by atomic mass is 9.85. The molecule has 220 valence electrons. The monoisotopic (exact) mass is 693 g/mol.